The van der Waals surface area contributed by atoms with Crippen LogP contribution in [0.4, 0.5) is 0 Å². The molecule has 0 aliphatic heterocycles. The fraction of sp³-hybridized carbons (Fsp3) is 0.308. The maximum absolute atomic E-state index is 10.4. The molecule has 3 aromatic carbocycles. The summed E-state index contributed by atoms with van der Waals surface area (Å²) < 4.78 is 6.85. The smallest absolute Gasteiger partial charge is 0.261 e. The van der Waals surface area contributed by atoms with Crippen molar-refractivity contribution in [2.24, 2.45) is 0 Å². The largest absolute Gasteiger partial charge is 0.406 e. The zero-order chi connectivity index (χ0) is 21.5. The number of rotatable bonds is 9. The summed E-state index contributed by atoms with van der Waals surface area (Å²) in [6, 6.07) is 31.1. The molecule has 4 heteroatoms. The molecule has 0 saturated carbocycles. The van der Waals surface area contributed by atoms with Gasteiger partial charge in [-0.25, -0.2) is 0 Å². The summed E-state index contributed by atoms with van der Waals surface area (Å²) in [5.74, 6) is 0. The molecular formula is C26H33NO2Si. The van der Waals surface area contributed by atoms with Crippen molar-refractivity contribution in [2.45, 2.75) is 31.9 Å². The Bertz CT molecular complexity index is 840. The van der Waals surface area contributed by atoms with Crippen molar-refractivity contribution >= 4 is 18.7 Å². The molecule has 0 spiro atoms. The van der Waals surface area contributed by atoms with E-state index >= 15 is 0 Å². The second kappa shape index (κ2) is 10.2. The van der Waals surface area contributed by atoms with Crippen LogP contribution in [0.1, 0.15) is 32.4 Å². The van der Waals surface area contributed by atoms with Gasteiger partial charge in [0.25, 0.3) is 8.32 Å². The normalized spacial score (nSPS) is 13.2. The van der Waals surface area contributed by atoms with Gasteiger partial charge in [0.15, 0.2) is 0 Å². The van der Waals surface area contributed by atoms with Crippen molar-refractivity contribution in [3.63, 3.8) is 0 Å². The molecule has 3 aromatic rings. The lowest BCUT2D eigenvalue weighted by atomic mass is 10.1. The third kappa shape index (κ3) is 5.08. The van der Waals surface area contributed by atoms with E-state index in [1.54, 1.807) is 0 Å². The lowest BCUT2D eigenvalue weighted by molar-refractivity contribution is 0.171. The quantitative estimate of drug-likeness (QED) is 0.408. The molecule has 0 amide bonds. The Hall–Kier alpha value is -2.24. The van der Waals surface area contributed by atoms with E-state index in [0.29, 0.717) is 19.7 Å². The van der Waals surface area contributed by atoms with E-state index in [0.717, 1.165) is 5.56 Å². The van der Waals surface area contributed by atoms with Crippen molar-refractivity contribution in [3.05, 3.63) is 96.6 Å². The molecule has 0 aliphatic carbocycles. The highest BCUT2D eigenvalue weighted by atomic mass is 28.4. The molecule has 3 nitrogen and oxygen atoms in total. The summed E-state index contributed by atoms with van der Waals surface area (Å²) in [5.41, 5.74) is 0.929. The van der Waals surface area contributed by atoms with Gasteiger partial charge in [-0.2, -0.15) is 0 Å². The van der Waals surface area contributed by atoms with Gasteiger partial charge in [0.2, 0.25) is 0 Å². The summed E-state index contributed by atoms with van der Waals surface area (Å²) in [6.07, 6.45) is -0.515. The van der Waals surface area contributed by atoms with Crippen molar-refractivity contribution in [3.8, 4) is 0 Å². The fourth-order valence-electron chi connectivity index (χ4n) is 4.07. The van der Waals surface area contributed by atoms with Crippen molar-refractivity contribution in [1.29, 1.82) is 0 Å². The summed E-state index contributed by atoms with van der Waals surface area (Å²) in [4.78, 5) is 0. The number of benzene rings is 3. The zero-order valence-electron chi connectivity index (χ0n) is 18.2. The van der Waals surface area contributed by atoms with Gasteiger partial charge in [-0.1, -0.05) is 112 Å². The maximum Gasteiger partial charge on any atom is 0.261 e. The Morgan fingerprint density at radius 3 is 1.73 bits per heavy atom. The van der Waals surface area contributed by atoms with Crippen LogP contribution < -0.4 is 15.7 Å². The Kier molecular flexibility index (Phi) is 7.62. The van der Waals surface area contributed by atoms with Crippen LogP contribution in [0.15, 0.2) is 91.0 Å². The molecule has 0 saturated heterocycles. The molecule has 0 radical (unpaired) electrons. The second-order valence-corrected chi connectivity index (χ2v) is 12.9. The number of hydrogen-bond acceptors (Lipinski definition) is 3. The SMILES string of the molecule is CC(C)(C)[Si](OCCNCC(O)c1ccccc1)(c1ccccc1)c1ccccc1. The molecule has 158 valence electrons. The Morgan fingerprint density at radius 2 is 1.27 bits per heavy atom. The Balaban J connectivity index is 1.74. The minimum absolute atomic E-state index is 0.0285. The molecule has 1 unspecified atom stereocenters. The molecule has 1 atom stereocenters. The lowest BCUT2D eigenvalue weighted by Gasteiger charge is -2.43. The molecule has 0 fully saturated rings. The van der Waals surface area contributed by atoms with E-state index in [2.05, 4.69) is 86.8 Å². The van der Waals surface area contributed by atoms with Crippen LogP contribution in [0.5, 0.6) is 0 Å². The van der Waals surface area contributed by atoms with Gasteiger partial charge in [-0.3, -0.25) is 0 Å². The predicted octanol–water partition coefficient (Wildman–Crippen LogP) is 3.89. The van der Waals surface area contributed by atoms with E-state index in [-0.39, 0.29) is 5.04 Å². The Labute approximate surface area is 181 Å². The van der Waals surface area contributed by atoms with Crippen LogP contribution in [0.3, 0.4) is 0 Å². The van der Waals surface area contributed by atoms with Crippen molar-refractivity contribution in [1.82, 2.24) is 5.32 Å². The molecule has 30 heavy (non-hydrogen) atoms. The highest BCUT2D eigenvalue weighted by Gasteiger charge is 2.49. The average Bonchev–Trinajstić information content (AvgIpc) is 2.77. The molecule has 0 bridgehead atoms. The van der Waals surface area contributed by atoms with E-state index in [9.17, 15) is 5.11 Å². The molecule has 0 heterocycles. The van der Waals surface area contributed by atoms with Crippen LogP contribution in [-0.4, -0.2) is 33.1 Å². The first-order valence-electron chi connectivity index (χ1n) is 10.6. The van der Waals surface area contributed by atoms with Crippen LogP contribution >= 0.6 is 0 Å². The minimum Gasteiger partial charge on any atom is -0.406 e. The van der Waals surface area contributed by atoms with Gasteiger partial charge in [0, 0.05) is 19.7 Å². The van der Waals surface area contributed by atoms with E-state index in [1.165, 1.54) is 10.4 Å². The standard InChI is InChI=1S/C26H33NO2Si/c1-26(2,3)30(23-15-9-5-10-16-23,24-17-11-6-12-18-24)29-20-19-27-21-25(28)22-13-7-4-8-14-22/h4-18,25,27-28H,19-21H2,1-3H3. The van der Waals surface area contributed by atoms with Gasteiger partial charge < -0.3 is 14.8 Å². The van der Waals surface area contributed by atoms with Crippen LogP contribution in [-0.2, 0) is 4.43 Å². The third-order valence-electron chi connectivity index (χ3n) is 5.54. The number of aliphatic hydroxyl groups is 1. The average molecular weight is 420 g/mol. The third-order valence-corrected chi connectivity index (χ3v) is 10.6. The first kappa shape index (κ1) is 22.4. The highest BCUT2D eigenvalue weighted by Crippen LogP contribution is 2.36. The summed E-state index contributed by atoms with van der Waals surface area (Å²) in [7, 11) is -2.49. The van der Waals surface area contributed by atoms with E-state index in [1.807, 2.05) is 30.3 Å². The fourth-order valence-corrected chi connectivity index (χ4v) is 8.63. The van der Waals surface area contributed by atoms with Gasteiger partial charge >= 0.3 is 0 Å². The van der Waals surface area contributed by atoms with Gasteiger partial charge in [-0.15, -0.1) is 0 Å². The summed E-state index contributed by atoms with van der Waals surface area (Å²) in [5, 5.41) is 16.3. The maximum atomic E-state index is 10.4. The number of hydrogen-bond donors (Lipinski definition) is 2. The second-order valence-electron chi connectivity index (χ2n) is 8.64. The number of nitrogens with one attached hydrogen (secondary N) is 1. The van der Waals surface area contributed by atoms with Gasteiger partial charge in [0.1, 0.15) is 0 Å². The lowest BCUT2D eigenvalue weighted by Crippen LogP contribution is -2.67. The molecule has 3 rings (SSSR count). The molecular weight excluding hydrogens is 386 g/mol. The van der Waals surface area contributed by atoms with Crippen LogP contribution in [0.2, 0.25) is 5.04 Å². The van der Waals surface area contributed by atoms with Gasteiger partial charge in [0.05, 0.1) is 6.10 Å². The van der Waals surface area contributed by atoms with Crippen molar-refractivity contribution in [2.75, 3.05) is 19.7 Å². The monoisotopic (exact) mass is 419 g/mol. The number of aliphatic hydroxyl groups excluding tert-OH is 1. The van der Waals surface area contributed by atoms with Crippen LogP contribution in [0, 0.1) is 0 Å². The highest BCUT2D eigenvalue weighted by molar-refractivity contribution is 6.99. The predicted molar refractivity (Wildman–Crippen MR) is 128 cm³/mol. The molecule has 0 aliphatic rings. The molecule has 0 aromatic heterocycles. The zero-order valence-corrected chi connectivity index (χ0v) is 19.2. The van der Waals surface area contributed by atoms with Gasteiger partial charge in [-0.05, 0) is 21.0 Å². The Morgan fingerprint density at radius 1 is 0.800 bits per heavy atom. The first-order chi connectivity index (χ1) is 14.4. The topological polar surface area (TPSA) is 41.5 Å². The van der Waals surface area contributed by atoms with Crippen molar-refractivity contribution < 1.29 is 9.53 Å². The summed E-state index contributed by atoms with van der Waals surface area (Å²) in [6.45, 7) is 8.64. The van der Waals surface area contributed by atoms with E-state index < -0.39 is 14.4 Å². The first-order valence-corrected chi connectivity index (χ1v) is 12.5. The minimum atomic E-state index is -2.49. The van der Waals surface area contributed by atoms with Crippen LogP contribution in [0.25, 0.3) is 0 Å². The summed E-state index contributed by atoms with van der Waals surface area (Å²) >= 11 is 0. The van der Waals surface area contributed by atoms with E-state index in [4.69, 9.17) is 4.43 Å². The molecule has 2 N–H and O–H groups in total.